The fraction of sp³-hybridized carbons (Fsp3) is 0.692. The Morgan fingerprint density at radius 3 is 3.00 bits per heavy atom. The standard InChI is InChI=1S/C13H22N4O/c1-2-5-14-13-8-15-11(7-16-13)9-17-6-3-4-12(17)10-18/h7-8,12,18H,2-6,9-10H2,1H3,(H,14,16). The van der Waals surface area contributed by atoms with Crippen LogP contribution in [0.15, 0.2) is 12.4 Å². The third-order valence-electron chi connectivity index (χ3n) is 3.34. The van der Waals surface area contributed by atoms with Gasteiger partial charge in [-0.2, -0.15) is 0 Å². The minimum absolute atomic E-state index is 0.240. The van der Waals surface area contributed by atoms with Crippen molar-refractivity contribution in [2.24, 2.45) is 0 Å². The van der Waals surface area contributed by atoms with E-state index in [0.717, 1.165) is 50.4 Å². The zero-order valence-electron chi connectivity index (χ0n) is 11.0. The van der Waals surface area contributed by atoms with Gasteiger partial charge in [0.05, 0.1) is 24.7 Å². The first-order valence-electron chi connectivity index (χ1n) is 6.73. The summed E-state index contributed by atoms with van der Waals surface area (Å²) in [5.41, 5.74) is 0.970. The van der Waals surface area contributed by atoms with Gasteiger partial charge >= 0.3 is 0 Å². The number of aliphatic hydroxyl groups is 1. The van der Waals surface area contributed by atoms with Crippen LogP contribution in [-0.4, -0.2) is 45.7 Å². The molecule has 1 aliphatic heterocycles. The van der Waals surface area contributed by atoms with Crippen LogP contribution in [0.1, 0.15) is 31.9 Å². The molecule has 1 aromatic heterocycles. The Hall–Kier alpha value is -1.20. The molecule has 1 atom stereocenters. The number of nitrogens with one attached hydrogen (secondary N) is 1. The van der Waals surface area contributed by atoms with Crippen LogP contribution < -0.4 is 5.32 Å². The third kappa shape index (κ3) is 3.40. The van der Waals surface area contributed by atoms with Crippen molar-refractivity contribution in [3.63, 3.8) is 0 Å². The zero-order valence-corrected chi connectivity index (χ0v) is 11.0. The Kier molecular flexibility index (Phi) is 4.90. The second-order valence-electron chi connectivity index (χ2n) is 4.77. The molecular formula is C13H22N4O. The van der Waals surface area contributed by atoms with Gasteiger partial charge in [-0.1, -0.05) is 6.92 Å². The van der Waals surface area contributed by atoms with Crippen LogP contribution in [0.3, 0.4) is 0 Å². The van der Waals surface area contributed by atoms with E-state index >= 15 is 0 Å². The van der Waals surface area contributed by atoms with Crippen LogP contribution >= 0.6 is 0 Å². The molecule has 0 aliphatic carbocycles. The lowest BCUT2D eigenvalue weighted by atomic mass is 10.2. The average Bonchev–Trinajstić information content (AvgIpc) is 2.85. The largest absolute Gasteiger partial charge is 0.395 e. The fourth-order valence-electron chi connectivity index (χ4n) is 2.30. The molecule has 0 saturated carbocycles. The molecule has 0 spiro atoms. The Bertz CT molecular complexity index is 355. The lowest BCUT2D eigenvalue weighted by molar-refractivity contribution is 0.152. The Labute approximate surface area is 108 Å². The molecular weight excluding hydrogens is 228 g/mol. The van der Waals surface area contributed by atoms with Gasteiger partial charge in [0.1, 0.15) is 5.82 Å². The first-order valence-corrected chi connectivity index (χ1v) is 6.73. The molecule has 0 bridgehead atoms. The van der Waals surface area contributed by atoms with E-state index in [-0.39, 0.29) is 6.61 Å². The molecule has 1 aliphatic rings. The van der Waals surface area contributed by atoms with Crippen molar-refractivity contribution in [1.82, 2.24) is 14.9 Å². The lowest BCUT2D eigenvalue weighted by Crippen LogP contribution is -2.31. The SMILES string of the molecule is CCCNc1cnc(CN2CCCC2CO)cn1. The highest BCUT2D eigenvalue weighted by atomic mass is 16.3. The number of likely N-dealkylation sites (tertiary alicyclic amines) is 1. The van der Waals surface area contributed by atoms with Gasteiger partial charge in [-0.15, -0.1) is 0 Å². The van der Waals surface area contributed by atoms with E-state index in [2.05, 4.69) is 27.1 Å². The summed E-state index contributed by atoms with van der Waals surface area (Å²) in [7, 11) is 0. The van der Waals surface area contributed by atoms with Crippen LogP contribution in [0.4, 0.5) is 5.82 Å². The minimum Gasteiger partial charge on any atom is -0.395 e. The Balaban J connectivity index is 1.89. The van der Waals surface area contributed by atoms with Crippen LogP contribution in [0.5, 0.6) is 0 Å². The quantitative estimate of drug-likeness (QED) is 0.796. The monoisotopic (exact) mass is 250 g/mol. The van der Waals surface area contributed by atoms with Crippen molar-refractivity contribution in [3.05, 3.63) is 18.1 Å². The molecule has 18 heavy (non-hydrogen) atoms. The Morgan fingerprint density at radius 2 is 2.33 bits per heavy atom. The van der Waals surface area contributed by atoms with Gasteiger partial charge in [-0.05, 0) is 25.8 Å². The van der Waals surface area contributed by atoms with E-state index in [1.165, 1.54) is 0 Å². The first-order chi connectivity index (χ1) is 8.83. The number of nitrogens with zero attached hydrogens (tertiary/aromatic N) is 3. The smallest absolute Gasteiger partial charge is 0.144 e. The van der Waals surface area contributed by atoms with Gasteiger partial charge < -0.3 is 10.4 Å². The summed E-state index contributed by atoms with van der Waals surface area (Å²) in [4.78, 5) is 11.0. The van der Waals surface area contributed by atoms with E-state index in [1.54, 1.807) is 6.20 Å². The van der Waals surface area contributed by atoms with Crippen LogP contribution in [-0.2, 0) is 6.54 Å². The highest BCUT2D eigenvalue weighted by Gasteiger charge is 2.23. The molecule has 1 fully saturated rings. The van der Waals surface area contributed by atoms with Crippen molar-refractivity contribution in [2.45, 2.75) is 38.8 Å². The normalized spacial score (nSPS) is 20.2. The second kappa shape index (κ2) is 6.66. The van der Waals surface area contributed by atoms with Gasteiger partial charge in [0.15, 0.2) is 0 Å². The number of anilines is 1. The molecule has 2 heterocycles. The van der Waals surface area contributed by atoms with Crippen molar-refractivity contribution in [2.75, 3.05) is 25.0 Å². The predicted octanol–water partition coefficient (Wildman–Crippen LogP) is 1.26. The van der Waals surface area contributed by atoms with Gasteiger partial charge in [0.2, 0.25) is 0 Å². The van der Waals surface area contributed by atoms with Crippen molar-refractivity contribution in [1.29, 1.82) is 0 Å². The molecule has 2 rings (SSSR count). The summed E-state index contributed by atoms with van der Waals surface area (Å²) >= 11 is 0. The molecule has 5 nitrogen and oxygen atoms in total. The van der Waals surface area contributed by atoms with E-state index in [9.17, 15) is 5.11 Å². The van der Waals surface area contributed by atoms with E-state index < -0.39 is 0 Å². The number of hydrogen-bond donors (Lipinski definition) is 2. The van der Waals surface area contributed by atoms with Crippen LogP contribution in [0.2, 0.25) is 0 Å². The lowest BCUT2D eigenvalue weighted by Gasteiger charge is -2.21. The third-order valence-corrected chi connectivity index (χ3v) is 3.34. The molecule has 0 amide bonds. The van der Waals surface area contributed by atoms with Gasteiger partial charge in [0.25, 0.3) is 0 Å². The molecule has 0 aromatic carbocycles. The molecule has 5 heteroatoms. The first kappa shape index (κ1) is 13.2. The number of rotatable bonds is 6. The average molecular weight is 250 g/mol. The van der Waals surface area contributed by atoms with Crippen molar-refractivity contribution >= 4 is 5.82 Å². The number of aromatic nitrogens is 2. The molecule has 100 valence electrons. The molecule has 0 radical (unpaired) electrons. The highest BCUT2D eigenvalue weighted by Crippen LogP contribution is 2.18. The molecule has 1 aromatic rings. The van der Waals surface area contributed by atoms with Gasteiger partial charge in [0, 0.05) is 19.1 Å². The molecule has 1 saturated heterocycles. The van der Waals surface area contributed by atoms with Crippen LogP contribution in [0.25, 0.3) is 0 Å². The molecule has 2 N–H and O–H groups in total. The maximum atomic E-state index is 9.27. The van der Waals surface area contributed by atoms with Crippen LogP contribution in [0, 0.1) is 0 Å². The van der Waals surface area contributed by atoms with Gasteiger partial charge in [-0.3, -0.25) is 9.88 Å². The maximum absolute atomic E-state index is 9.27. The number of aliphatic hydroxyl groups excluding tert-OH is 1. The van der Waals surface area contributed by atoms with Crippen molar-refractivity contribution < 1.29 is 5.11 Å². The van der Waals surface area contributed by atoms with Gasteiger partial charge in [-0.25, -0.2) is 4.98 Å². The summed E-state index contributed by atoms with van der Waals surface area (Å²) in [6.45, 7) is 5.11. The molecule has 1 unspecified atom stereocenters. The summed E-state index contributed by atoms with van der Waals surface area (Å²) in [5.74, 6) is 0.834. The summed E-state index contributed by atoms with van der Waals surface area (Å²) in [6, 6.07) is 0.296. The summed E-state index contributed by atoms with van der Waals surface area (Å²) in [6.07, 6.45) is 6.93. The highest BCUT2D eigenvalue weighted by molar-refractivity contribution is 5.30. The van der Waals surface area contributed by atoms with Crippen molar-refractivity contribution in [3.8, 4) is 0 Å². The van der Waals surface area contributed by atoms with E-state index in [4.69, 9.17) is 0 Å². The van der Waals surface area contributed by atoms with E-state index in [0.29, 0.717) is 6.04 Å². The summed E-state index contributed by atoms with van der Waals surface area (Å²) < 4.78 is 0. The second-order valence-corrected chi connectivity index (χ2v) is 4.77. The predicted molar refractivity (Wildman–Crippen MR) is 71.3 cm³/mol. The van der Waals surface area contributed by atoms with E-state index in [1.807, 2.05) is 6.20 Å². The number of hydrogen-bond acceptors (Lipinski definition) is 5. The minimum atomic E-state index is 0.240. The topological polar surface area (TPSA) is 61.3 Å². The summed E-state index contributed by atoms with van der Waals surface area (Å²) in [5, 5.41) is 12.5. The zero-order chi connectivity index (χ0) is 12.8. The maximum Gasteiger partial charge on any atom is 0.144 e. The fourth-order valence-corrected chi connectivity index (χ4v) is 2.30. The Morgan fingerprint density at radius 1 is 1.44 bits per heavy atom.